The molecule has 1 aliphatic carbocycles. The van der Waals surface area contributed by atoms with E-state index in [1.807, 2.05) is 5.32 Å². The van der Waals surface area contributed by atoms with E-state index in [0.717, 1.165) is 24.2 Å². The molecule has 1 heterocycles. The van der Waals surface area contributed by atoms with Crippen molar-refractivity contribution < 1.29 is 22.7 Å². The molecule has 1 amide bonds. The number of carbonyl (C=O) groups is 1. The Balaban J connectivity index is 1.60. The van der Waals surface area contributed by atoms with Crippen LogP contribution in [0.4, 0.5) is 24.0 Å². The Morgan fingerprint density at radius 3 is 2.70 bits per heavy atom. The van der Waals surface area contributed by atoms with Gasteiger partial charge in [-0.1, -0.05) is 17.4 Å². The Bertz CT molecular complexity index is 1210. The Morgan fingerprint density at radius 2 is 2.00 bits per heavy atom. The summed E-state index contributed by atoms with van der Waals surface area (Å²) in [6.45, 7) is 0. The first kappa shape index (κ1) is 19.7. The van der Waals surface area contributed by atoms with Crippen molar-refractivity contribution in [3.05, 3.63) is 54.0 Å². The van der Waals surface area contributed by atoms with Gasteiger partial charge in [-0.15, -0.1) is 0 Å². The van der Waals surface area contributed by atoms with Gasteiger partial charge < -0.3 is 15.4 Å². The van der Waals surface area contributed by atoms with E-state index in [2.05, 4.69) is 16.4 Å². The van der Waals surface area contributed by atoms with Gasteiger partial charge in [0.15, 0.2) is 5.13 Å². The molecule has 1 saturated carbocycles. The molecule has 0 bridgehead atoms. The van der Waals surface area contributed by atoms with Gasteiger partial charge in [-0.2, -0.15) is 18.4 Å². The highest BCUT2D eigenvalue weighted by atomic mass is 32.1. The number of hydrogen-bond donors (Lipinski definition) is 2. The lowest BCUT2D eigenvalue weighted by molar-refractivity contribution is -0.117. The minimum atomic E-state index is -2.46. The van der Waals surface area contributed by atoms with Crippen LogP contribution in [-0.2, 0) is 4.79 Å². The smallest absolute Gasteiger partial charge is 0.322 e. The van der Waals surface area contributed by atoms with Crippen LogP contribution in [0, 0.1) is 17.2 Å². The summed E-state index contributed by atoms with van der Waals surface area (Å²) >= 11 is 1.16. The van der Waals surface area contributed by atoms with Gasteiger partial charge in [-0.25, -0.2) is 4.98 Å². The lowest BCUT2D eigenvalue weighted by Gasteiger charge is -2.09. The first-order valence-electron chi connectivity index (χ1n) is 8.85. The van der Waals surface area contributed by atoms with Crippen molar-refractivity contribution in [3.63, 3.8) is 0 Å². The number of fused-ring (bicyclic) bond motifs is 1. The number of aromatic nitrogens is 1. The summed E-state index contributed by atoms with van der Waals surface area (Å²) in [5, 5.41) is 14.7. The highest BCUT2D eigenvalue weighted by molar-refractivity contribution is 7.22. The van der Waals surface area contributed by atoms with Crippen LogP contribution in [0.25, 0.3) is 10.2 Å². The van der Waals surface area contributed by atoms with E-state index in [9.17, 15) is 23.2 Å². The zero-order chi connectivity index (χ0) is 21.3. The molecule has 1 aromatic heterocycles. The second kappa shape index (κ2) is 8.04. The highest BCUT2D eigenvalue weighted by Crippen LogP contribution is 2.37. The number of nitrogens with zero attached hydrogens (tertiary/aromatic N) is 2. The summed E-state index contributed by atoms with van der Waals surface area (Å²) in [6, 6.07) is 11.0. The first-order valence-corrected chi connectivity index (χ1v) is 9.66. The average Bonchev–Trinajstić information content (AvgIpc) is 3.49. The number of hydrogen-bond acceptors (Lipinski definition) is 6. The summed E-state index contributed by atoms with van der Waals surface area (Å²) in [5.74, 6) is -1.37. The molecule has 1 fully saturated rings. The van der Waals surface area contributed by atoms with Gasteiger partial charge in [-0.3, -0.25) is 4.79 Å². The third-order valence-electron chi connectivity index (χ3n) is 4.29. The Morgan fingerprint density at radius 1 is 1.20 bits per heavy atom. The maximum atomic E-state index is 13.1. The standard InChI is InChI=1S/C20H13F3N4O2S/c21-17(22)18(23)25-11-2-1-3-12(8-11)29-15-7-6-14-16(13(15)9-24)30-20(26-14)27-19(28)10-4-5-10/h1-3,6-8,10,25H,4-5H2,(H,26,27,28). The fraction of sp³-hybridized carbons (Fsp3) is 0.150. The second-order valence-electron chi connectivity index (χ2n) is 6.51. The van der Waals surface area contributed by atoms with Crippen molar-refractivity contribution >= 4 is 38.3 Å². The van der Waals surface area contributed by atoms with Gasteiger partial charge in [0.25, 0.3) is 5.95 Å². The maximum Gasteiger partial charge on any atom is 0.322 e. The van der Waals surface area contributed by atoms with E-state index in [1.165, 1.54) is 24.3 Å². The number of benzene rings is 2. The van der Waals surface area contributed by atoms with Gasteiger partial charge in [-0.05, 0) is 37.1 Å². The van der Waals surface area contributed by atoms with E-state index in [4.69, 9.17) is 4.74 Å². The molecule has 10 heteroatoms. The SMILES string of the molecule is N#Cc1c(Oc2cccc(NC(F)=C(F)F)c2)ccc2nc(NC(=O)C3CC3)sc12. The van der Waals surface area contributed by atoms with Crippen molar-refractivity contribution in [3.8, 4) is 17.6 Å². The van der Waals surface area contributed by atoms with E-state index < -0.39 is 12.0 Å². The number of nitrogens with one attached hydrogen (secondary N) is 2. The molecule has 0 unspecified atom stereocenters. The average molecular weight is 430 g/mol. The van der Waals surface area contributed by atoms with Crippen molar-refractivity contribution in [2.24, 2.45) is 5.92 Å². The predicted octanol–water partition coefficient (Wildman–Crippen LogP) is 5.76. The summed E-state index contributed by atoms with van der Waals surface area (Å²) in [4.78, 5) is 16.3. The van der Waals surface area contributed by atoms with E-state index in [1.54, 1.807) is 12.1 Å². The fourth-order valence-electron chi connectivity index (χ4n) is 2.71. The molecular weight excluding hydrogens is 417 g/mol. The van der Waals surface area contributed by atoms with Crippen LogP contribution in [0.1, 0.15) is 18.4 Å². The Kier molecular flexibility index (Phi) is 5.29. The molecule has 152 valence electrons. The zero-order valence-corrected chi connectivity index (χ0v) is 16.0. The topological polar surface area (TPSA) is 87.0 Å². The minimum Gasteiger partial charge on any atom is -0.456 e. The molecule has 0 radical (unpaired) electrons. The van der Waals surface area contributed by atoms with Crippen LogP contribution in [-0.4, -0.2) is 10.9 Å². The summed E-state index contributed by atoms with van der Waals surface area (Å²) in [6.07, 6.45) is -0.735. The molecule has 3 aromatic rings. The van der Waals surface area contributed by atoms with Gasteiger partial charge in [0.05, 0.1) is 10.2 Å². The number of halogens is 3. The quantitative estimate of drug-likeness (QED) is 0.486. The van der Waals surface area contributed by atoms with Crippen molar-refractivity contribution in [1.82, 2.24) is 4.98 Å². The summed E-state index contributed by atoms with van der Waals surface area (Å²) in [7, 11) is 0. The molecule has 2 aromatic carbocycles. The zero-order valence-electron chi connectivity index (χ0n) is 15.2. The molecule has 6 nitrogen and oxygen atoms in total. The van der Waals surface area contributed by atoms with E-state index in [-0.39, 0.29) is 34.6 Å². The summed E-state index contributed by atoms with van der Waals surface area (Å²) < 4.78 is 43.9. The number of rotatable bonds is 6. The molecule has 0 aliphatic heterocycles. The lowest BCUT2D eigenvalue weighted by Crippen LogP contribution is -2.12. The van der Waals surface area contributed by atoms with E-state index >= 15 is 0 Å². The maximum absolute atomic E-state index is 13.1. The lowest BCUT2D eigenvalue weighted by atomic mass is 10.2. The van der Waals surface area contributed by atoms with Crippen LogP contribution in [0.5, 0.6) is 11.5 Å². The number of amides is 1. The molecule has 0 atom stereocenters. The number of thiazole rings is 1. The number of ether oxygens (including phenoxy) is 1. The molecule has 4 rings (SSSR count). The second-order valence-corrected chi connectivity index (χ2v) is 7.51. The molecule has 1 aliphatic rings. The monoisotopic (exact) mass is 430 g/mol. The van der Waals surface area contributed by atoms with Gasteiger partial charge in [0.2, 0.25) is 5.91 Å². The first-order chi connectivity index (χ1) is 14.4. The van der Waals surface area contributed by atoms with Crippen molar-refractivity contribution in [2.75, 3.05) is 10.6 Å². The molecule has 0 saturated heterocycles. The molecule has 2 N–H and O–H groups in total. The van der Waals surface area contributed by atoms with Crippen LogP contribution in [0.2, 0.25) is 0 Å². The van der Waals surface area contributed by atoms with Gasteiger partial charge in [0.1, 0.15) is 23.1 Å². The number of anilines is 2. The number of nitriles is 1. The normalized spacial score (nSPS) is 12.9. The van der Waals surface area contributed by atoms with Gasteiger partial charge in [0, 0.05) is 17.7 Å². The van der Waals surface area contributed by atoms with Crippen LogP contribution < -0.4 is 15.4 Å². The van der Waals surface area contributed by atoms with Crippen LogP contribution in [0.15, 0.2) is 48.4 Å². The van der Waals surface area contributed by atoms with E-state index in [0.29, 0.717) is 15.3 Å². The van der Waals surface area contributed by atoms with Gasteiger partial charge >= 0.3 is 6.08 Å². The fourth-order valence-corrected chi connectivity index (χ4v) is 3.67. The third kappa shape index (κ3) is 4.21. The molecular formula is C20H13F3N4O2S. The molecule has 0 spiro atoms. The molecule has 30 heavy (non-hydrogen) atoms. The highest BCUT2D eigenvalue weighted by Gasteiger charge is 2.30. The van der Waals surface area contributed by atoms with Crippen molar-refractivity contribution in [2.45, 2.75) is 12.8 Å². The van der Waals surface area contributed by atoms with Crippen LogP contribution in [0.3, 0.4) is 0 Å². The summed E-state index contributed by atoms with van der Waals surface area (Å²) in [5.41, 5.74) is 0.812. The Labute approximate surface area is 172 Å². The largest absolute Gasteiger partial charge is 0.456 e. The van der Waals surface area contributed by atoms with Crippen molar-refractivity contribution in [1.29, 1.82) is 5.26 Å². The van der Waals surface area contributed by atoms with Crippen LogP contribution >= 0.6 is 11.3 Å². The third-order valence-corrected chi connectivity index (χ3v) is 5.30. The predicted molar refractivity (Wildman–Crippen MR) is 106 cm³/mol. The minimum absolute atomic E-state index is 0.0257. The number of carbonyl (C=O) groups excluding carboxylic acids is 1. The Hall–Kier alpha value is -3.58.